The molecule has 1 aromatic carbocycles. The van der Waals surface area contributed by atoms with Crippen LogP contribution in [0.5, 0.6) is 0 Å². The lowest BCUT2D eigenvalue weighted by molar-refractivity contribution is 0.594. The molecule has 2 aromatic rings. The number of rotatable bonds is 5. The Labute approximate surface area is 133 Å². The minimum Gasteiger partial charge on any atom is -0.263 e. The second-order valence-electron chi connectivity index (χ2n) is 4.76. The Bertz CT molecular complexity index is 754. The van der Waals surface area contributed by atoms with Crippen molar-refractivity contribution in [3.8, 4) is 0 Å². The van der Waals surface area contributed by atoms with Crippen molar-refractivity contribution in [2.45, 2.75) is 38.1 Å². The maximum atomic E-state index is 11.8. The summed E-state index contributed by atoms with van der Waals surface area (Å²) in [5.74, 6) is 0. The summed E-state index contributed by atoms with van der Waals surface area (Å²) in [6.07, 6.45) is 1.09. The van der Waals surface area contributed by atoms with Gasteiger partial charge in [0, 0.05) is 4.47 Å². The van der Waals surface area contributed by atoms with E-state index in [1.807, 2.05) is 38.1 Å². The molecule has 0 bridgehead atoms. The van der Waals surface area contributed by atoms with Gasteiger partial charge in [-0.2, -0.15) is 5.10 Å². The van der Waals surface area contributed by atoms with Crippen molar-refractivity contribution in [3.05, 3.63) is 45.7 Å². The highest BCUT2D eigenvalue weighted by Crippen LogP contribution is 2.22. The van der Waals surface area contributed by atoms with Crippen molar-refractivity contribution in [2.24, 2.45) is 5.14 Å². The Morgan fingerprint density at radius 2 is 2.00 bits per heavy atom. The van der Waals surface area contributed by atoms with E-state index in [1.165, 1.54) is 0 Å². The van der Waals surface area contributed by atoms with Gasteiger partial charge in [0.1, 0.15) is 4.90 Å². The number of nitrogens with zero attached hydrogens (tertiary/aromatic N) is 2. The Hall–Kier alpha value is -1.18. The highest BCUT2D eigenvalue weighted by atomic mass is 79.9. The van der Waals surface area contributed by atoms with E-state index in [-0.39, 0.29) is 4.90 Å². The molecule has 0 aliphatic rings. The number of halogens is 1. The van der Waals surface area contributed by atoms with E-state index in [2.05, 4.69) is 21.0 Å². The molecule has 0 amide bonds. The van der Waals surface area contributed by atoms with Gasteiger partial charge < -0.3 is 0 Å². The van der Waals surface area contributed by atoms with Gasteiger partial charge in [-0.1, -0.05) is 41.9 Å². The van der Waals surface area contributed by atoms with Crippen molar-refractivity contribution < 1.29 is 8.42 Å². The smallest absolute Gasteiger partial charge is 0.241 e. The second-order valence-corrected chi connectivity index (χ2v) is 7.18. The van der Waals surface area contributed by atoms with Crippen LogP contribution >= 0.6 is 15.9 Å². The largest absolute Gasteiger partial charge is 0.263 e. The fourth-order valence-electron chi connectivity index (χ4n) is 2.38. The number of benzene rings is 1. The molecule has 0 aliphatic carbocycles. The Morgan fingerprint density at radius 3 is 2.52 bits per heavy atom. The molecule has 7 heteroatoms. The lowest BCUT2D eigenvalue weighted by Crippen LogP contribution is -2.16. The van der Waals surface area contributed by atoms with Gasteiger partial charge in [-0.15, -0.1) is 0 Å². The van der Waals surface area contributed by atoms with Gasteiger partial charge in [0.15, 0.2) is 0 Å². The minimum atomic E-state index is -3.76. The summed E-state index contributed by atoms with van der Waals surface area (Å²) in [5.41, 5.74) is 2.24. The molecule has 0 saturated heterocycles. The topological polar surface area (TPSA) is 78.0 Å². The normalized spacial score (nSPS) is 11.8. The van der Waals surface area contributed by atoms with Crippen LogP contribution in [-0.4, -0.2) is 18.2 Å². The molecule has 2 rings (SSSR count). The van der Waals surface area contributed by atoms with Crippen LogP contribution in [0.4, 0.5) is 0 Å². The Kier molecular flexibility index (Phi) is 4.85. The number of aryl methyl sites for hydroxylation is 1. The van der Waals surface area contributed by atoms with Crippen LogP contribution in [-0.2, 0) is 29.4 Å². The van der Waals surface area contributed by atoms with E-state index in [0.717, 1.165) is 10.0 Å². The molecule has 0 spiro atoms. The van der Waals surface area contributed by atoms with Crippen LogP contribution in [0.15, 0.2) is 33.6 Å². The van der Waals surface area contributed by atoms with Gasteiger partial charge >= 0.3 is 0 Å². The van der Waals surface area contributed by atoms with Crippen molar-refractivity contribution in [2.75, 3.05) is 0 Å². The monoisotopic (exact) mass is 371 g/mol. The molecule has 5 nitrogen and oxygen atoms in total. The maximum absolute atomic E-state index is 11.8. The molecular weight excluding hydrogens is 354 g/mol. The second kappa shape index (κ2) is 6.29. The zero-order chi connectivity index (χ0) is 15.6. The third-order valence-electron chi connectivity index (χ3n) is 3.25. The summed E-state index contributed by atoms with van der Waals surface area (Å²) < 4.78 is 26.4. The van der Waals surface area contributed by atoms with E-state index in [9.17, 15) is 8.42 Å². The minimum absolute atomic E-state index is 0.183. The van der Waals surface area contributed by atoms with Crippen LogP contribution in [0.2, 0.25) is 0 Å². The lowest BCUT2D eigenvalue weighted by Gasteiger charge is -2.07. The summed E-state index contributed by atoms with van der Waals surface area (Å²) in [7, 11) is -3.76. The first-order valence-corrected chi connectivity index (χ1v) is 9.06. The third-order valence-corrected chi connectivity index (χ3v) is 4.79. The van der Waals surface area contributed by atoms with E-state index in [1.54, 1.807) is 4.68 Å². The van der Waals surface area contributed by atoms with Gasteiger partial charge in [0.2, 0.25) is 10.0 Å². The van der Waals surface area contributed by atoms with Crippen LogP contribution in [0.25, 0.3) is 0 Å². The molecule has 21 heavy (non-hydrogen) atoms. The van der Waals surface area contributed by atoms with Crippen LogP contribution in [0.3, 0.4) is 0 Å². The van der Waals surface area contributed by atoms with E-state index in [4.69, 9.17) is 5.14 Å². The van der Waals surface area contributed by atoms with Gasteiger partial charge in [0.25, 0.3) is 0 Å². The van der Waals surface area contributed by atoms with Crippen LogP contribution < -0.4 is 5.14 Å². The fraction of sp³-hybridized carbons (Fsp3) is 0.357. The first-order valence-electron chi connectivity index (χ1n) is 6.72. The molecule has 2 N–H and O–H groups in total. The summed E-state index contributed by atoms with van der Waals surface area (Å²) in [4.78, 5) is 0.183. The summed E-state index contributed by atoms with van der Waals surface area (Å²) in [6.45, 7) is 4.30. The highest BCUT2D eigenvalue weighted by molar-refractivity contribution is 9.10. The Morgan fingerprint density at radius 1 is 1.29 bits per heavy atom. The molecule has 114 valence electrons. The number of sulfonamides is 1. The molecule has 1 heterocycles. The van der Waals surface area contributed by atoms with Crippen LogP contribution in [0, 0.1) is 0 Å². The first kappa shape index (κ1) is 16.2. The van der Waals surface area contributed by atoms with E-state index >= 15 is 0 Å². The average Bonchev–Trinajstić information content (AvgIpc) is 2.76. The van der Waals surface area contributed by atoms with Crippen molar-refractivity contribution in [1.82, 2.24) is 9.78 Å². The maximum Gasteiger partial charge on any atom is 0.241 e. The molecule has 0 unspecified atom stereocenters. The highest BCUT2D eigenvalue weighted by Gasteiger charge is 2.24. The average molecular weight is 372 g/mol. The summed E-state index contributed by atoms with van der Waals surface area (Å²) >= 11 is 3.43. The molecule has 0 atom stereocenters. The molecule has 0 aliphatic heterocycles. The van der Waals surface area contributed by atoms with Crippen LogP contribution in [0.1, 0.15) is 30.8 Å². The van der Waals surface area contributed by atoms with Crippen molar-refractivity contribution >= 4 is 26.0 Å². The van der Waals surface area contributed by atoms with E-state index < -0.39 is 10.0 Å². The summed E-state index contributed by atoms with van der Waals surface area (Å²) in [5, 5.41) is 9.78. The molecule has 0 radical (unpaired) electrons. The standard InChI is InChI=1S/C14H18BrN3O2S/c1-3-12-14(21(16,19)20)13(4-2)18(17-12)9-10-6-5-7-11(15)8-10/h5-8H,3-4,9H2,1-2H3,(H2,16,19,20). The SMILES string of the molecule is CCc1nn(Cc2cccc(Br)c2)c(CC)c1S(N)(=O)=O. The zero-order valence-corrected chi connectivity index (χ0v) is 14.4. The van der Waals surface area contributed by atoms with Gasteiger partial charge in [-0.05, 0) is 30.5 Å². The Balaban J connectivity index is 2.52. The molecule has 1 aromatic heterocycles. The van der Waals surface area contributed by atoms with Gasteiger partial charge in [-0.25, -0.2) is 13.6 Å². The first-order chi connectivity index (χ1) is 9.86. The molecule has 0 saturated carbocycles. The number of primary sulfonamides is 1. The lowest BCUT2D eigenvalue weighted by atomic mass is 10.2. The number of nitrogens with two attached hydrogens (primary N) is 1. The number of hydrogen-bond donors (Lipinski definition) is 1. The molecule has 0 fully saturated rings. The third kappa shape index (κ3) is 3.53. The van der Waals surface area contributed by atoms with E-state index in [0.29, 0.717) is 30.8 Å². The van der Waals surface area contributed by atoms with Crippen molar-refractivity contribution in [1.29, 1.82) is 0 Å². The predicted molar refractivity (Wildman–Crippen MR) is 85.6 cm³/mol. The number of aromatic nitrogens is 2. The van der Waals surface area contributed by atoms with Gasteiger partial charge in [-0.3, -0.25) is 4.68 Å². The fourth-order valence-corrected chi connectivity index (χ4v) is 3.92. The number of hydrogen-bond acceptors (Lipinski definition) is 3. The van der Waals surface area contributed by atoms with Crippen molar-refractivity contribution in [3.63, 3.8) is 0 Å². The summed E-state index contributed by atoms with van der Waals surface area (Å²) in [6, 6.07) is 7.86. The molecular formula is C14H18BrN3O2S. The zero-order valence-electron chi connectivity index (χ0n) is 12.0. The predicted octanol–water partition coefficient (Wildman–Crippen LogP) is 2.47. The van der Waals surface area contributed by atoms with Gasteiger partial charge in [0.05, 0.1) is 17.9 Å². The quantitative estimate of drug-likeness (QED) is 0.876.